The zero-order valence-corrected chi connectivity index (χ0v) is 21.1. The molecule has 1 saturated carbocycles. The van der Waals surface area contributed by atoms with Crippen LogP contribution in [0.2, 0.25) is 0 Å². The number of fused-ring (bicyclic) bond motifs is 3. The van der Waals surface area contributed by atoms with E-state index in [-0.39, 0.29) is 18.4 Å². The van der Waals surface area contributed by atoms with E-state index in [1.165, 1.54) is 4.90 Å². The fourth-order valence-electron chi connectivity index (χ4n) is 5.13. The average Bonchev–Trinajstić information content (AvgIpc) is 3.09. The predicted octanol–water partition coefficient (Wildman–Crippen LogP) is 4.80. The van der Waals surface area contributed by atoms with Crippen molar-refractivity contribution < 1.29 is 24.2 Å². The third-order valence-corrected chi connectivity index (χ3v) is 8.38. The molecule has 1 fully saturated rings. The van der Waals surface area contributed by atoms with Crippen LogP contribution < -0.4 is 5.32 Å². The van der Waals surface area contributed by atoms with Gasteiger partial charge < -0.3 is 20.1 Å². The lowest BCUT2D eigenvalue weighted by Crippen LogP contribution is -2.66. The number of hydrogen-bond acceptors (Lipinski definition) is 4. The van der Waals surface area contributed by atoms with Gasteiger partial charge in [-0.2, -0.15) is 0 Å². The number of carboxylic acids is 1. The Labute approximate surface area is 206 Å². The number of rotatable bonds is 7. The molecule has 0 radical (unpaired) electrons. The quantitative estimate of drug-likeness (QED) is 0.596. The first kappa shape index (κ1) is 24.8. The van der Waals surface area contributed by atoms with Gasteiger partial charge in [0.1, 0.15) is 12.1 Å². The van der Waals surface area contributed by atoms with Crippen molar-refractivity contribution in [2.24, 2.45) is 5.41 Å². The van der Waals surface area contributed by atoms with Crippen LogP contribution in [0.1, 0.15) is 64.0 Å². The van der Waals surface area contributed by atoms with Crippen molar-refractivity contribution in [1.29, 1.82) is 0 Å². The molecule has 7 nitrogen and oxygen atoms in total. The van der Waals surface area contributed by atoms with E-state index in [2.05, 4.69) is 29.6 Å². The molecule has 0 heterocycles. The Morgan fingerprint density at radius 3 is 1.97 bits per heavy atom. The van der Waals surface area contributed by atoms with Gasteiger partial charge in [-0.25, -0.2) is 9.59 Å². The van der Waals surface area contributed by atoms with Crippen LogP contribution in [-0.2, 0) is 14.3 Å². The second kappa shape index (κ2) is 8.70. The molecule has 0 aliphatic heterocycles. The summed E-state index contributed by atoms with van der Waals surface area (Å²) >= 11 is 0. The number of aliphatic carboxylic acids is 1. The molecule has 0 saturated heterocycles. The average molecular weight is 479 g/mol. The van der Waals surface area contributed by atoms with Crippen molar-refractivity contribution in [2.75, 3.05) is 13.7 Å². The Balaban J connectivity index is 1.45. The van der Waals surface area contributed by atoms with E-state index in [9.17, 15) is 19.5 Å². The largest absolute Gasteiger partial charge is 0.479 e. The fraction of sp³-hybridized carbons (Fsp3) is 0.464. The van der Waals surface area contributed by atoms with Gasteiger partial charge in [0.2, 0.25) is 5.91 Å². The van der Waals surface area contributed by atoms with E-state index in [4.69, 9.17) is 4.74 Å². The Morgan fingerprint density at radius 1 is 1.00 bits per heavy atom. The predicted molar refractivity (Wildman–Crippen MR) is 133 cm³/mol. The Morgan fingerprint density at radius 2 is 1.51 bits per heavy atom. The van der Waals surface area contributed by atoms with Crippen LogP contribution in [0.4, 0.5) is 4.79 Å². The van der Waals surface area contributed by atoms with Crippen molar-refractivity contribution in [1.82, 2.24) is 10.2 Å². The van der Waals surface area contributed by atoms with Gasteiger partial charge >= 0.3 is 12.1 Å². The van der Waals surface area contributed by atoms with Crippen LogP contribution in [-0.4, -0.2) is 52.7 Å². The summed E-state index contributed by atoms with van der Waals surface area (Å²) in [4.78, 5) is 39.6. The number of likely N-dealkylation sites (N-methyl/N-ethyl adjacent to an activating group) is 1. The molecular formula is C28H34N2O5. The van der Waals surface area contributed by atoms with Crippen LogP contribution in [0, 0.1) is 5.41 Å². The molecule has 186 valence electrons. The number of nitrogens with zero attached hydrogens (tertiary/aromatic N) is 1. The number of carbonyl (C=O) groups is 3. The first-order valence-corrected chi connectivity index (χ1v) is 12.1. The molecule has 4 rings (SSSR count). The number of carbonyl (C=O) groups excluding carboxylic acids is 2. The summed E-state index contributed by atoms with van der Waals surface area (Å²) in [6.07, 6.45) is 1.02. The van der Waals surface area contributed by atoms with E-state index in [0.29, 0.717) is 12.8 Å². The zero-order valence-electron chi connectivity index (χ0n) is 21.1. The number of amides is 2. The summed E-state index contributed by atoms with van der Waals surface area (Å²) in [5.41, 5.74) is 1.30. The molecular weight excluding hydrogens is 444 g/mol. The normalized spacial score (nSPS) is 16.5. The fourth-order valence-corrected chi connectivity index (χ4v) is 5.13. The van der Waals surface area contributed by atoms with Crippen LogP contribution in [0.3, 0.4) is 0 Å². The van der Waals surface area contributed by atoms with E-state index in [0.717, 1.165) is 28.7 Å². The lowest BCUT2D eigenvalue weighted by molar-refractivity contribution is -0.169. The highest BCUT2D eigenvalue weighted by atomic mass is 16.5. The van der Waals surface area contributed by atoms with Gasteiger partial charge in [-0.15, -0.1) is 0 Å². The first-order valence-electron chi connectivity index (χ1n) is 12.1. The molecule has 0 bridgehead atoms. The number of hydrogen-bond donors (Lipinski definition) is 2. The van der Waals surface area contributed by atoms with Crippen molar-refractivity contribution in [2.45, 2.75) is 64.0 Å². The highest BCUT2D eigenvalue weighted by Crippen LogP contribution is 2.45. The van der Waals surface area contributed by atoms with E-state index < -0.39 is 28.6 Å². The number of ether oxygens (including phenoxy) is 1. The number of nitrogens with one attached hydrogen (secondary N) is 1. The summed E-state index contributed by atoms with van der Waals surface area (Å²) in [5.74, 6) is -1.38. The van der Waals surface area contributed by atoms with Crippen LogP contribution >= 0.6 is 0 Å². The topological polar surface area (TPSA) is 95.9 Å². The van der Waals surface area contributed by atoms with Crippen LogP contribution in [0.5, 0.6) is 0 Å². The lowest BCUT2D eigenvalue weighted by Gasteiger charge is -2.50. The minimum Gasteiger partial charge on any atom is -0.479 e. The molecule has 7 heteroatoms. The zero-order chi connectivity index (χ0) is 25.6. The Hall–Kier alpha value is -3.35. The molecule has 0 unspecified atom stereocenters. The van der Waals surface area contributed by atoms with Crippen molar-refractivity contribution in [3.63, 3.8) is 0 Å². The molecule has 2 aliphatic rings. The number of carboxylic acid groups (broad SMARTS) is 1. The highest BCUT2D eigenvalue weighted by Gasteiger charge is 2.55. The Bertz CT molecular complexity index is 1120. The van der Waals surface area contributed by atoms with E-state index >= 15 is 0 Å². The minimum atomic E-state index is -1.17. The van der Waals surface area contributed by atoms with Gasteiger partial charge in [0.15, 0.2) is 0 Å². The van der Waals surface area contributed by atoms with Crippen molar-refractivity contribution in [3.05, 3.63) is 59.7 Å². The summed E-state index contributed by atoms with van der Waals surface area (Å²) in [6.45, 7) is 7.14. The number of alkyl carbamates (subject to hydrolysis) is 1. The van der Waals surface area contributed by atoms with E-state index in [1.54, 1.807) is 34.7 Å². The van der Waals surface area contributed by atoms with Gasteiger partial charge in [0, 0.05) is 13.0 Å². The summed E-state index contributed by atoms with van der Waals surface area (Å²) in [7, 11) is 1.54. The third-order valence-electron chi connectivity index (χ3n) is 8.38. The first-order chi connectivity index (χ1) is 16.4. The van der Waals surface area contributed by atoms with E-state index in [1.807, 2.05) is 24.3 Å². The summed E-state index contributed by atoms with van der Waals surface area (Å²) < 4.78 is 5.68. The molecule has 0 atom stereocenters. The molecule has 2 N–H and O–H groups in total. The molecule has 2 aliphatic carbocycles. The maximum atomic E-state index is 13.4. The SMILES string of the molecule is CN(C(=O)C(C)(C)C(C)(C)NC(=O)OCC1c2ccccc2-c2ccccc21)C1(C(=O)O)CCC1. The van der Waals surface area contributed by atoms with Crippen LogP contribution in [0.25, 0.3) is 11.1 Å². The van der Waals surface area contributed by atoms with Gasteiger partial charge in [-0.1, -0.05) is 48.5 Å². The minimum absolute atomic E-state index is 0.0638. The van der Waals surface area contributed by atoms with Crippen molar-refractivity contribution in [3.8, 4) is 11.1 Å². The molecule has 0 spiro atoms. The summed E-state index contributed by atoms with van der Waals surface area (Å²) in [6, 6.07) is 16.2. The highest BCUT2D eigenvalue weighted by molar-refractivity contribution is 5.91. The van der Waals surface area contributed by atoms with Gasteiger partial charge in [0.05, 0.1) is 11.0 Å². The molecule has 35 heavy (non-hydrogen) atoms. The van der Waals surface area contributed by atoms with Gasteiger partial charge in [0.25, 0.3) is 0 Å². The second-order valence-electron chi connectivity index (χ2n) is 10.8. The maximum Gasteiger partial charge on any atom is 0.407 e. The van der Waals surface area contributed by atoms with Crippen molar-refractivity contribution >= 4 is 18.0 Å². The van der Waals surface area contributed by atoms with Gasteiger partial charge in [-0.3, -0.25) is 4.79 Å². The van der Waals surface area contributed by atoms with Crippen LogP contribution in [0.15, 0.2) is 48.5 Å². The van der Waals surface area contributed by atoms with Gasteiger partial charge in [-0.05, 0) is 69.2 Å². The number of benzene rings is 2. The monoisotopic (exact) mass is 478 g/mol. The molecule has 0 aromatic heterocycles. The smallest absolute Gasteiger partial charge is 0.407 e. The summed E-state index contributed by atoms with van der Waals surface area (Å²) in [5, 5.41) is 12.6. The Kier molecular flexibility index (Phi) is 6.16. The molecule has 2 amide bonds. The second-order valence-corrected chi connectivity index (χ2v) is 10.8. The maximum absolute atomic E-state index is 13.4. The third kappa shape index (κ3) is 3.97. The molecule has 2 aromatic rings. The molecule has 2 aromatic carbocycles. The lowest BCUT2D eigenvalue weighted by atomic mass is 9.70. The standard InChI is InChI=1S/C28H34N2O5/c1-26(2,23(31)30(5)28(24(32)33)15-10-16-28)27(3,4)29-25(34)35-17-22-20-13-8-6-11-18(20)19-12-7-9-14-21(19)22/h6-9,11-14,22H,10,15-17H2,1-5H3,(H,29,34)(H,32,33).